The van der Waals surface area contributed by atoms with Crippen LogP contribution in [0.25, 0.3) is 0 Å². The molecule has 3 aliphatic heterocycles. The minimum absolute atomic E-state index is 0.0686. The Hall–Kier alpha value is -2.32. The molecule has 29 heavy (non-hydrogen) atoms. The standard InChI is InChI=1S/C21H29FN6O/c1-26(2)11-18-12-28(25-24-18)13-19-9-16-7-8-27(19)14-20(16)21(29)23-10-15-3-5-17(22)6-4-15/h3-6,12,16,19-20H,7-11,13-14H2,1-2H3,(H,23,29)/p+2/t16-,19+,20-/m0/s1. The molecule has 3 aliphatic rings. The summed E-state index contributed by atoms with van der Waals surface area (Å²) in [4.78, 5) is 15.6. The zero-order valence-corrected chi connectivity index (χ0v) is 17.2. The summed E-state index contributed by atoms with van der Waals surface area (Å²) in [5.74, 6) is 0.376. The zero-order valence-electron chi connectivity index (χ0n) is 17.2. The van der Waals surface area contributed by atoms with Gasteiger partial charge in [0.1, 0.15) is 24.1 Å². The number of fused-ring (bicyclic) bond motifs is 3. The molecule has 1 aromatic heterocycles. The quantitative estimate of drug-likeness (QED) is 0.538. The SMILES string of the molecule is C[NH+](C)Cc1cn(C[C@H]2C[C@@H]3CC[NH+]2C[C@@H]3C(=O)NCc2ccc(F)cc2)nn1. The van der Waals surface area contributed by atoms with Gasteiger partial charge in [0.25, 0.3) is 0 Å². The third kappa shape index (κ3) is 4.82. The van der Waals surface area contributed by atoms with E-state index in [0.717, 1.165) is 50.3 Å². The Kier molecular flexibility index (Phi) is 5.91. The van der Waals surface area contributed by atoms with Crippen LogP contribution in [0.4, 0.5) is 4.39 Å². The maximum absolute atomic E-state index is 13.0. The number of carbonyl (C=O) groups is 1. The maximum atomic E-state index is 13.0. The van der Waals surface area contributed by atoms with Gasteiger partial charge in [-0.1, -0.05) is 17.3 Å². The molecule has 5 rings (SSSR count). The number of aromatic nitrogens is 3. The van der Waals surface area contributed by atoms with Crippen LogP contribution in [-0.2, 0) is 24.4 Å². The van der Waals surface area contributed by atoms with Crippen molar-refractivity contribution in [3.8, 4) is 0 Å². The van der Waals surface area contributed by atoms with Crippen LogP contribution >= 0.6 is 0 Å². The Balaban J connectivity index is 1.30. The molecule has 0 radical (unpaired) electrons. The molecule has 2 bridgehead atoms. The molecule has 3 saturated heterocycles. The second kappa shape index (κ2) is 8.59. The first kappa shape index (κ1) is 20.0. The van der Waals surface area contributed by atoms with Crippen molar-refractivity contribution in [2.45, 2.75) is 38.5 Å². The fraction of sp³-hybridized carbons (Fsp3) is 0.571. The summed E-state index contributed by atoms with van der Waals surface area (Å²) < 4.78 is 15.0. The molecule has 4 heterocycles. The number of hydrogen-bond donors (Lipinski definition) is 3. The Morgan fingerprint density at radius 1 is 1.34 bits per heavy atom. The zero-order chi connectivity index (χ0) is 20.4. The fourth-order valence-corrected chi connectivity index (χ4v) is 4.84. The Morgan fingerprint density at radius 2 is 2.14 bits per heavy atom. The molecule has 0 saturated carbocycles. The third-order valence-corrected chi connectivity index (χ3v) is 6.30. The lowest BCUT2D eigenvalue weighted by molar-refractivity contribution is -0.945. The number of nitrogens with one attached hydrogen (secondary N) is 3. The van der Waals surface area contributed by atoms with Crippen molar-refractivity contribution in [1.29, 1.82) is 0 Å². The van der Waals surface area contributed by atoms with E-state index in [1.807, 2.05) is 4.68 Å². The average molecular weight is 403 g/mol. The normalized spacial score (nSPS) is 26.1. The van der Waals surface area contributed by atoms with Gasteiger partial charge in [0.15, 0.2) is 0 Å². The van der Waals surface area contributed by atoms with Crippen molar-refractivity contribution in [2.24, 2.45) is 11.8 Å². The van der Waals surface area contributed by atoms with E-state index in [0.29, 0.717) is 18.5 Å². The molecule has 0 aliphatic carbocycles. The molecule has 2 aromatic rings. The van der Waals surface area contributed by atoms with Crippen molar-refractivity contribution < 1.29 is 19.0 Å². The highest BCUT2D eigenvalue weighted by molar-refractivity contribution is 5.79. The van der Waals surface area contributed by atoms with Crippen LogP contribution in [0, 0.1) is 17.7 Å². The van der Waals surface area contributed by atoms with Gasteiger partial charge in [-0.2, -0.15) is 0 Å². The van der Waals surface area contributed by atoms with Crippen molar-refractivity contribution in [3.63, 3.8) is 0 Å². The highest BCUT2D eigenvalue weighted by atomic mass is 19.1. The smallest absolute Gasteiger partial charge is 0.229 e. The van der Waals surface area contributed by atoms with Gasteiger partial charge in [-0.15, -0.1) is 5.10 Å². The van der Waals surface area contributed by atoms with Gasteiger partial charge in [-0.3, -0.25) is 4.79 Å². The van der Waals surface area contributed by atoms with Crippen LogP contribution in [0.3, 0.4) is 0 Å². The topological polar surface area (TPSA) is 68.7 Å². The van der Waals surface area contributed by atoms with E-state index < -0.39 is 0 Å². The molecule has 7 nitrogen and oxygen atoms in total. The number of halogens is 1. The van der Waals surface area contributed by atoms with E-state index in [9.17, 15) is 9.18 Å². The first-order valence-corrected chi connectivity index (χ1v) is 10.5. The summed E-state index contributed by atoms with van der Waals surface area (Å²) in [6.45, 7) is 4.21. The van der Waals surface area contributed by atoms with E-state index in [4.69, 9.17) is 0 Å². The van der Waals surface area contributed by atoms with E-state index in [-0.39, 0.29) is 17.6 Å². The van der Waals surface area contributed by atoms with Crippen LogP contribution in [0.5, 0.6) is 0 Å². The predicted octanol–water partition coefficient (Wildman–Crippen LogP) is -1.33. The van der Waals surface area contributed by atoms with Crippen LogP contribution < -0.4 is 15.1 Å². The molecule has 8 heteroatoms. The summed E-state index contributed by atoms with van der Waals surface area (Å²) in [7, 11) is 4.21. The molecular weight excluding hydrogens is 371 g/mol. The molecule has 1 amide bonds. The number of benzene rings is 1. The molecule has 156 valence electrons. The van der Waals surface area contributed by atoms with Crippen LogP contribution in [0.2, 0.25) is 0 Å². The van der Waals surface area contributed by atoms with Gasteiger partial charge >= 0.3 is 0 Å². The molecule has 3 N–H and O–H groups in total. The van der Waals surface area contributed by atoms with Crippen molar-refractivity contribution in [3.05, 3.63) is 47.5 Å². The predicted molar refractivity (Wildman–Crippen MR) is 105 cm³/mol. The monoisotopic (exact) mass is 402 g/mol. The number of nitrogens with zero attached hydrogens (tertiary/aromatic N) is 3. The van der Waals surface area contributed by atoms with Gasteiger partial charge in [-0.05, 0) is 23.6 Å². The Bertz CT molecular complexity index is 836. The first-order chi connectivity index (χ1) is 14.0. The molecule has 1 aromatic carbocycles. The Labute approximate surface area is 170 Å². The van der Waals surface area contributed by atoms with Gasteiger partial charge < -0.3 is 15.1 Å². The van der Waals surface area contributed by atoms with E-state index in [2.05, 4.69) is 35.9 Å². The lowest BCUT2D eigenvalue weighted by atomic mass is 9.75. The summed E-state index contributed by atoms with van der Waals surface area (Å²) >= 11 is 0. The largest absolute Gasteiger partial charge is 0.352 e. The highest BCUT2D eigenvalue weighted by Crippen LogP contribution is 2.27. The molecule has 0 spiro atoms. The maximum Gasteiger partial charge on any atom is 0.229 e. The van der Waals surface area contributed by atoms with Crippen LogP contribution in [0.1, 0.15) is 24.1 Å². The number of carbonyl (C=O) groups excluding carboxylic acids is 1. The number of hydrogen-bond acceptors (Lipinski definition) is 3. The number of piperidine rings is 3. The number of rotatable bonds is 7. The second-order valence-electron chi connectivity index (χ2n) is 8.86. The second-order valence-corrected chi connectivity index (χ2v) is 8.86. The average Bonchev–Trinajstić information content (AvgIpc) is 3.13. The molecular formula is C21H31FN6O+2. The van der Waals surface area contributed by atoms with Gasteiger partial charge in [0.05, 0.1) is 45.8 Å². The first-order valence-electron chi connectivity index (χ1n) is 10.5. The van der Waals surface area contributed by atoms with Gasteiger partial charge in [0, 0.05) is 19.4 Å². The Morgan fingerprint density at radius 3 is 2.83 bits per heavy atom. The number of amides is 1. The minimum atomic E-state index is -0.255. The molecule has 3 fully saturated rings. The summed E-state index contributed by atoms with van der Waals surface area (Å²) in [5.41, 5.74) is 1.95. The lowest BCUT2D eigenvalue weighted by Gasteiger charge is -2.46. The molecule has 4 atom stereocenters. The van der Waals surface area contributed by atoms with Crippen molar-refractivity contribution in [1.82, 2.24) is 20.3 Å². The van der Waals surface area contributed by atoms with Crippen LogP contribution in [-0.4, -0.2) is 54.1 Å². The highest BCUT2D eigenvalue weighted by Gasteiger charge is 2.46. The summed E-state index contributed by atoms with van der Waals surface area (Å²) in [5, 5.41) is 11.6. The third-order valence-electron chi connectivity index (χ3n) is 6.30. The lowest BCUT2D eigenvalue weighted by Crippen LogP contribution is -3.20. The van der Waals surface area contributed by atoms with Gasteiger partial charge in [-0.25, -0.2) is 9.07 Å². The van der Waals surface area contributed by atoms with Crippen LogP contribution in [0.15, 0.2) is 30.5 Å². The van der Waals surface area contributed by atoms with Gasteiger partial charge in [0.2, 0.25) is 5.91 Å². The van der Waals surface area contributed by atoms with Crippen molar-refractivity contribution >= 4 is 5.91 Å². The summed E-state index contributed by atoms with van der Waals surface area (Å²) in [6.07, 6.45) is 4.22. The number of quaternary nitrogens is 2. The van der Waals surface area contributed by atoms with E-state index in [1.54, 1.807) is 12.1 Å². The fourth-order valence-electron chi connectivity index (χ4n) is 4.84. The van der Waals surface area contributed by atoms with E-state index in [1.165, 1.54) is 21.9 Å². The van der Waals surface area contributed by atoms with E-state index >= 15 is 0 Å². The minimum Gasteiger partial charge on any atom is -0.352 e. The molecule has 1 unspecified atom stereocenters. The van der Waals surface area contributed by atoms with Crippen molar-refractivity contribution in [2.75, 3.05) is 27.2 Å². The summed E-state index contributed by atoms with van der Waals surface area (Å²) in [6, 6.07) is 6.80.